The van der Waals surface area contributed by atoms with E-state index >= 15 is 0 Å². The maximum atomic E-state index is 4.54. The summed E-state index contributed by atoms with van der Waals surface area (Å²) in [7, 11) is 0. The van der Waals surface area contributed by atoms with E-state index in [9.17, 15) is 0 Å². The van der Waals surface area contributed by atoms with Crippen molar-refractivity contribution in [2.24, 2.45) is 0 Å². The number of imidazole rings is 1. The molecule has 0 spiro atoms. The van der Waals surface area contributed by atoms with E-state index in [-0.39, 0.29) is 0 Å². The highest BCUT2D eigenvalue weighted by molar-refractivity contribution is 6.08. The molecular formula is C27H17N5. The number of nitrogens with zero attached hydrogens (tertiary/aromatic N) is 5. The lowest BCUT2D eigenvalue weighted by Crippen LogP contribution is -1.94. The van der Waals surface area contributed by atoms with Crippen LogP contribution in [-0.4, -0.2) is 23.9 Å². The van der Waals surface area contributed by atoms with Gasteiger partial charge in [0.1, 0.15) is 5.65 Å². The average molecular weight is 411 g/mol. The fourth-order valence-corrected chi connectivity index (χ4v) is 4.77. The SMILES string of the molecule is c1cc(-c2ccc(-n3c4ccncc4c4cnccc43)cc2)c2ccn3ccnc3c2c1. The zero-order chi connectivity index (χ0) is 21.1. The maximum Gasteiger partial charge on any atom is 0.144 e. The number of hydrogen-bond acceptors (Lipinski definition) is 3. The minimum absolute atomic E-state index is 0.980. The first-order valence-corrected chi connectivity index (χ1v) is 10.5. The summed E-state index contributed by atoms with van der Waals surface area (Å²) in [5, 5.41) is 4.57. The van der Waals surface area contributed by atoms with Crippen molar-refractivity contribution in [3.8, 4) is 16.8 Å². The van der Waals surface area contributed by atoms with Gasteiger partial charge in [-0.05, 0) is 46.8 Å². The Hall–Kier alpha value is -4.51. The summed E-state index contributed by atoms with van der Waals surface area (Å²) in [5.74, 6) is 0. The van der Waals surface area contributed by atoms with Gasteiger partial charge < -0.3 is 8.97 Å². The Bertz CT molecular complexity index is 1720. The van der Waals surface area contributed by atoms with E-state index in [0.29, 0.717) is 0 Å². The topological polar surface area (TPSA) is 48.0 Å². The van der Waals surface area contributed by atoms with Crippen LogP contribution in [0, 0.1) is 0 Å². The molecule has 0 saturated carbocycles. The molecule has 2 aromatic carbocycles. The molecule has 5 nitrogen and oxygen atoms in total. The molecule has 0 amide bonds. The summed E-state index contributed by atoms with van der Waals surface area (Å²) in [6.07, 6.45) is 13.4. The quantitative estimate of drug-likeness (QED) is 0.348. The van der Waals surface area contributed by atoms with Gasteiger partial charge in [0.2, 0.25) is 0 Å². The molecule has 5 aromatic heterocycles. The third-order valence-corrected chi connectivity index (χ3v) is 6.22. The van der Waals surface area contributed by atoms with E-state index in [1.165, 1.54) is 16.5 Å². The van der Waals surface area contributed by atoms with Crippen LogP contribution in [0.3, 0.4) is 0 Å². The van der Waals surface area contributed by atoms with E-state index in [2.05, 4.69) is 90.8 Å². The Kier molecular flexibility index (Phi) is 3.49. The molecule has 5 heteroatoms. The van der Waals surface area contributed by atoms with E-state index in [1.807, 2.05) is 37.2 Å². The molecular weight excluding hydrogens is 394 g/mol. The second-order valence-corrected chi connectivity index (χ2v) is 7.91. The van der Waals surface area contributed by atoms with Gasteiger partial charge in [-0.2, -0.15) is 0 Å². The van der Waals surface area contributed by atoms with E-state index < -0.39 is 0 Å². The monoisotopic (exact) mass is 411 g/mol. The number of fused-ring (bicyclic) bond motifs is 6. The molecule has 0 unspecified atom stereocenters. The van der Waals surface area contributed by atoms with Gasteiger partial charge in [-0.1, -0.05) is 30.3 Å². The van der Waals surface area contributed by atoms with Crippen molar-refractivity contribution in [2.45, 2.75) is 0 Å². The molecule has 0 atom stereocenters. The van der Waals surface area contributed by atoms with Crippen molar-refractivity contribution in [3.05, 3.63) is 104 Å². The van der Waals surface area contributed by atoms with Crippen LogP contribution in [-0.2, 0) is 0 Å². The standard InChI is InChI=1S/C27H17N5/c1-2-20(21-10-14-31-15-13-30-27(31)22(21)3-1)18-4-6-19(7-5-18)32-25-8-11-28-16-23(25)24-17-29-12-9-26(24)32/h1-17H. The lowest BCUT2D eigenvalue weighted by Gasteiger charge is -2.11. The van der Waals surface area contributed by atoms with Crippen molar-refractivity contribution in [1.82, 2.24) is 23.9 Å². The van der Waals surface area contributed by atoms with Crippen LogP contribution in [0.1, 0.15) is 0 Å². The van der Waals surface area contributed by atoms with Crippen molar-refractivity contribution < 1.29 is 0 Å². The number of aromatic nitrogens is 5. The maximum absolute atomic E-state index is 4.54. The molecule has 5 heterocycles. The Morgan fingerprint density at radius 2 is 1.34 bits per heavy atom. The van der Waals surface area contributed by atoms with Gasteiger partial charge in [0, 0.05) is 65.2 Å². The first-order chi connectivity index (χ1) is 15.9. The minimum atomic E-state index is 0.980. The molecule has 0 aliphatic rings. The highest BCUT2D eigenvalue weighted by atomic mass is 15.0. The van der Waals surface area contributed by atoms with Crippen molar-refractivity contribution in [3.63, 3.8) is 0 Å². The molecule has 7 aromatic rings. The molecule has 7 rings (SSSR count). The molecule has 150 valence electrons. The van der Waals surface area contributed by atoms with Crippen molar-refractivity contribution >= 4 is 38.2 Å². The third-order valence-electron chi connectivity index (χ3n) is 6.22. The fourth-order valence-electron chi connectivity index (χ4n) is 4.77. The van der Waals surface area contributed by atoms with Crippen LogP contribution in [0.25, 0.3) is 55.0 Å². The molecule has 0 N–H and O–H groups in total. The number of pyridine rings is 3. The first kappa shape index (κ1) is 17.2. The van der Waals surface area contributed by atoms with Crippen LogP contribution in [0.5, 0.6) is 0 Å². The fraction of sp³-hybridized carbons (Fsp3) is 0. The molecule has 32 heavy (non-hydrogen) atoms. The van der Waals surface area contributed by atoms with Gasteiger partial charge >= 0.3 is 0 Å². The minimum Gasteiger partial charge on any atom is -0.309 e. The number of rotatable bonds is 2. The predicted molar refractivity (Wildman–Crippen MR) is 128 cm³/mol. The Morgan fingerprint density at radius 3 is 2.09 bits per heavy atom. The van der Waals surface area contributed by atoms with Crippen molar-refractivity contribution in [2.75, 3.05) is 0 Å². The van der Waals surface area contributed by atoms with E-state index in [1.54, 1.807) is 0 Å². The van der Waals surface area contributed by atoms with Crippen LogP contribution < -0.4 is 0 Å². The molecule has 0 saturated heterocycles. The Morgan fingerprint density at radius 1 is 0.594 bits per heavy atom. The number of benzene rings is 2. The highest BCUT2D eigenvalue weighted by Gasteiger charge is 2.13. The van der Waals surface area contributed by atoms with E-state index in [0.717, 1.165) is 38.5 Å². The summed E-state index contributed by atoms with van der Waals surface area (Å²) in [4.78, 5) is 13.2. The second-order valence-electron chi connectivity index (χ2n) is 7.91. The summed E-state index contributed by atoms with van der Waals surface area (Å²) in [5.41, 5.74) is 6.73. The molecule has 0 radical (unpaired) electrons. The average Bonchev–Trinajstić information content (AvgIpc) is 3.47. The summed E-state index contributed by atoms with van der Waals surface area (Å²) in [6, 6.07) is 21.5. The highest BCUT2D eigenvalue weighted by Crippen LogP contribution is 2.33. The lowest BCUT2D eigenvalue weighted by atomic mass is 9.99. The van der Waals surface area contributed by atoms with Gasteiger partial charge in [0.15, 0.2) is 0 Å². The first-order valence-electron chi connectivity index (χ1n) is 10.5. The van der Waals surface area contributed by atoms with Crippen LogP contribution in [0.4, 0.5) is 0 Å². The second kappa shape index (κ2) is 6.49. The summed E-state index contributed by atoms with van der Waals surface area (Å²) in [6.45, 7) is 0. The van der Waals surface area contributed by atoms with Gasteiger partial charge in [0.05, 0.1) is 11.0 Å². The van der Waals surface area contributed by atoms with Gasteiger partial charge in [-0.15, -0.1) is 0 Å². The van der Waals surface area contributed by atoms with Gasteiger partial charge in [-0.3, -0.25) is 9.97 Å². The van der Waals surface area contributed by atoms with Crippen molar-refractivity contribution in [1.29, 1.82) is 0 Å². The van der Waals surface area contributed by atoms with Gasteiger partial charge in [-0.25, -0.2) is 4.98 Å². The van der Waals surface area contributed by atoms with E-state index in [4.69, 9.17) is 0 Å². The molecule has 0 fully saturated rings. The molecule has 0 bridgehead atoms. The zero-order valence-corrected chi connectivity index (χ0v) is 17.1. The normalized spacial score (nSPS) is 11.8. The zero-order valence-electron chi connectivity index (χ0n) is 17.1. The smallest absolute Gasteiger partial charge is 0.144 e. The Labute approximate surface area is 183 Å². The predicted octanol–water partition coefficient (Wildman–Crippen LogP) is 6.04. The summed E-state index contributed by atoms with van der Waals surface area (Å²) < 4.78 is 4.33. The van der Waals surface area contributed by atoms with Crippen LogP contribution in [0.2, 0.25) is 0 Å². The summed E-state index contributed by atoms with van der Waals surface area (Å²) >= 11 is 0. The number of hydrogen-bond donors (Lipinski definition) is 0. The third kappa shape index (κ3) is 2.36. The van der Waals surface area contributed by atoms with Crippen LogP contribution in [0.15, 0.2) is 104 Å². The lowest BCUT2D eigenvalue weighted by molar-refractivity contribution is 1.17. The molecule has 0 aliphatic carbocycles. The van der Waals surface area contributed by atoms with Gasteiger partial charge in [0.25, 0.3) is 0 Å². The largest absolute Gasteiger partial charge is 0.309 e. The van der Waals surface area contributed by atoms with Crippen LogP contribution >= 0.6 is 0 Å². The molecule has 0 aliphatic heterocycles. The Balaban J connectivity index is 1.42.